The first-order valence-electron chi connectivity index (χ1n) is 9.82. The first-order valence-corrected chi connectivity index (χ1v) is 10.2. The lowest BCUT2D eigenvalue weighted by Gasteiger charge is -2.29. The summed E-state index contributed by atoms with van der Waals surface area (Å²) in [5.41, 5.74) is 1.13. The maximum absolute atomic E-state index is 12.6. The fraction of sp³-hybridized carbons (Fsp3) is 0.391. The van der Waals surface area contributed by atoms with Gasteiger partial charge in [0.15, 0.2) is 11.9 Å². The van der Waals surface area contributed by atoms with Crippen LogP contribution in [0.2, 0.25) is 5.02 Å². The van der Waals surface area contributed by atoms with Crippen LogP contribution in [0.15, 0.2) is 48.5 Å². The number of hydrogen-bond donors (Lipinski definition) is 0. The standard InChI is InChI=1S/C23H25ClO4/c1-2-27-23(26)22(18-6-4-3-5-7-18)28-20-14-10-17(11-15-20)21(25)16-8-12-19(24)13-9-16/h8-15,18,22H,2-7H2,1H3. The molecule has 0 spiro atoms. The highest BCUT2D eigenvalue weighted by atomic mass is 35.5. The van der Waals surface area contributed by atoms with E-state index in [-0.39, 0.29) is 17.7 Å². The quantitative estimate of drug-likeness (QED) is 0.457. The Balaban J connectivity index is 1.72. The summed E-state index contributed by atoms with van der Waals surface area (Å²) in [6.45, 7) is 2.13. The maximum Gasteiger partial charge on any atom is 0.347 e. The van der Waals surface area contributed by atoms with Crippen LogP contribution in [-0.2, 0) is 9.53 Å². The summed E-state index contributed by atoms with van der Waals surface area (Å²) in [4.78, 5) is 25.0. The minimum absolute atomic E-state index is 0.0857. The van der Waals surface area contributed by atoms with Crippen LogP contribution in [0.1, 0.15) is 54.9 Å². The van der Waals surface area contributed by atoms with Crippen molar-refractivity contribution in [3.05, 3.63) is 64.7 Å². The first-order chi connectivity index (χ1) is 13.6. The van der Waals surface area contributed by atoms with Crippen molar-refractivity contribution in [3.8, 4) is 5.75 Å². The normalized spacial score (nSPS) is 15.6. The molecule has 1 fully saturated rings. The van der Waals surface area contributed by atoms with Gasteiger partial charge >= 0.3 is 5.97 Å². The van der Waals surface area contributed by atoms with Crippen molar-refractivity contribution in [3.63, 3.8) is 0 Å². The van der Waals surface area contributed by atoms with Gasteiger partial charge in [0.2, 0.25) is 0 Å². The number of ketones is 1. The number of ether oxygens (including phenoxy) is 2. The third-order valence-electron chi connectivity index (χ3n) is 5.08. The molecule has 0 amide bonds. The second kappa shape index (κ2) is 9.74. The Morgan fingerprint density at radius 3 is 2.11 bits per heavy atom. The van der Waals surface area contributed by atoms with Crippen LogP contribution in [0.4, 0.5) is 0 Å². The summed E-state index contributed by atoms with van der Waals surface area (Å²) >= 11 is 5.88. The van der Waals surface area contributed by atoms with E-state index in [9.17, 15) is 9.59 Å². The van der Waals surface area contributed by atoms with Gasteiger partial charge < -0.3 is 9.47 Å². The molecule has 0 radical (unpaired) electrons. The summed E-state index contributed by atoms with van der Waals surface area (Å²) in [6, 6.07) is 13.7. The van der Waals surface area contributed by atoms with Crippen LogP contribution < -0.4 is 4.74 Å². The Labute approximate surface area is 170 Å². The highest BCUT2D eigenvalue weighted by Gasteiger charge is 2.32. The van der Waals surface area contributed by atoms with Gasteiger partial charge in [0.05, 0.1) is 6.61 Å². The molecule has 0 heterocycles. The topological polar surface area (TPSA) is 52.6 Å². The number of carbonyl (C=O) groups is 2. The molecule has 4 nitrogen and oxygen atoms in total. The second-order valence-corrected chi connectivity index (χ2v) is 7.49. The third-order valence-corrected chi connectivity index (χ3v) is 5.33. The van der Waals surface area contributed by atoms with E-state index in [2.05, 4.69) is 0 Å². The summed E-state index contributed by atoms with van der Waals surface area (Å²) < 4.78 is 11.3. The van der Waals surface area contributed by atoms with Crippen LogP contribution in [0.3, 0.4) is 0 Å². The second-order valence-electron chi connectivity index (χ2n) is 7.05. The number of halogens is 1. The zero-order chi connectivity index (χ0) is 19.9. The van der Waals surface area contributed by atoms with Crippen molar-refractivity contribution in [2.75, 3.05) is 6.61 Å². The van der Waals surface area contributed by atoms with E-state index in [1.54, 1.807) is 55.5 Å². The van der Waals surface area contributed by atoms with Crippen molar-refractivity contribution in [2.24, 2.45) is 5.92 Å². The first kappa shape index (κ1) is 20.4. The number of rotatable bonds is 7. The Bertz CT molecular complexity index is 792. The molecule has 148 valence electrons. The van der Waals surface area contributed by atoms with Gasteiger partial charge in [-0.1, -0.05) is 30.9 Å². The lowest BCUT2D eigenvalue weighted by molar-refractivity contribution is -0.154. The van der Waals surface area contributed by atoms with Crippen molar-refractivity contribution in [1.29, 1.82) is 0 Å². The van der Waals surface area contributed by atoms with Crippen LogP contribution in [0, 0.1) is 5.92 Å². The summed E-state index contributed by atoms with van der Waals surface area (Å²) in [7, 11) is 0. The third kappa shape index (κ3) is 5.14. The number of hydrogen-bond acceptors (Lipinski definition) is 4. The number of esters is 1. The zero-order valence-corrected chi connectivity index (χ0v) is 16.8. The molecular formula is C23H25ClO4. The van der Waals surface area contributed by atoms with E-state index in [1.807, 2.05) is 0 Å². The van der Waals surface area contributed by atoms with Crippen molar-refractivity contribution in [2.45, 2.75) is 45.1 Å². The molecular weight excluding hydrogens is 376 g/mol. The monoisotopic (exact) mass is 400 g/mol. The highest BCUT2D eigenvalue weighted by molar-refractivity contribution is 6.30. The number of carbonyl (C=O) groups excluding carboxylic acids is 2. The molecule has 0 aromatic heterocycles. The Kier molecular flexibility index (Phi) is 7.10. The Morgan fingerprint density at radius 2 is 1.54 bits per heavy atom. The summed E-state index contributed by atoms with van der Waals surface area (Å²) in [5.74, 6) is 0.340. The van der Waals surface area contributed by atoms with Crippen LogP contribution in [-0.4, -0.2) is 24.5 Å². The smallest absolute Gasteiger partial charge is 0.347 e. The highest BCUT2D eigenvalue weighted by Crippen LogP contribution is 2.30. The van der Waals surface area contributed by atoms with Crippen molar-refractivity contribution >= 4 is 23.4 Å². The molecule has 0 bridgehead atoms. The molecule has 5 heteroatoms. The average molecular weight is 401 g/mol. The van der Waals surface area contributed by atoms with Gasteiger partial charge in [0.25, 0.3) is 0 Å². The summed E-state index contributed by atoms with van der Waals surface area (Å²) in [6.07, 6.45) is 4.76. The van der Waals surface area contributed by atoms with E-state index >= 15 is 0 Å². The predicted molar refractivity (Wildman–Crippen MR) is 109 cm³/mol. The minimum atomic E-state index is -0.599. The average Bonchev–Trinajstić information content (AvgIpc) is 2.73. The SMILES string of the molecule is CCOC(=O)C(Oc1ccc(C(=O)c2ccc(Cl)cc2)cc1)C1CCCCC1. The molecule has 1 aliphatic rings. The molecule has 0 N–H and O–H groups in total. The van der Waals surface area contributed by atoms with Gasteiger partial charge in [-0.25, -0.2) is 4.79 Å². The van der Waals surface area contributed by atoms with Crippen molar-refractivity contribution < 1.29 is 19.1 Å². The molecule has 2 aromatic carbocycles. The fourth-order valence-electron chi connectivity index (χ4n) is 3.60. The van der Waals surface area contributed by atoms with Gasteiger partial charge in [-0.15, -0.1) is 0 Å². The van der Waals surface area contributed by atoms with E-state index in [4.69, 9.17) is 21.1 Å². The summed E-state index contributed by atoms with van der Waals surface area (Å²) in [5, 5.41) is 0.591. The molecule has 28 heavy (non-hydrogen) atoms. The van der Waals surface area contributed by atoms with Crippen molar-refractivity contribution in [1.82, 2.24) is 0 Å². The minimum Gasteiger partial charge on any atom is -0.478 e. The zero-order valence-electron chi connectivity index (χ0n) is 16.0. The predicted octanol–water partition coefficient (Wildman–Crippen LogP) is 5.46. The van der Waals surface area contributed by atoms with Gasteiger partial charge in [0, 0.05) is 22.1 Å². The number of benzene rings is 2. The van der Waals surface area contributed by atoms with E-state index in [1.165, 1.54) is 6.42 Å². The molecule has 1 saturated carbocycles. The Hall–Kier alpha value is -2.33. The van der Waals surface area contributed by atoms with Crippen LogP contribution in [0.25, 0.3) is 0 Å². The van der Waals surface area contributed by atoms with E-state index < -0.39 is 6.10 Å². The molecule has 3 rings (SSSR count). The molecule has 0 aliphatic heterocycles. The molecule has 1 unspecified atom stereocenters. The molecule has 0 saturated heterocycles. The van der Waals surface area contributed by atoms with Crippen LogP contribution in [0.5, 0.6) is 5.75 Å². The van der Waals surface area contributed by atoms with Crippen LogP contribution >= 0.6 is 11.6 Å². The molecule has 1 aliphatic carbocycles. The van der Waals surface area contributed by atoms with Gasteiger partial charge in [-0.05, 0) is 68.3 Å². The van der Waals surface area contributed by atoms with Gasteiger partial charge in [-0.2, -0.15) is 0 Å². The van der Waals surface area contributed by atoms with E-state index in [0.717, 1.165) is 25.7 Å². The largest absolute Gasteiger partial charge is 0.478 e. The van der Waals surface area contributed by atoms with Gasteiger partial charge in [0.1, 0.15) is 5.75 Å². The van der Waals surface area contributed by atoms with Gasteiger partial charge in [-0.3, -0.25) is 4.79 Å². The van der Waals surface area contributed by atoms with E-state index in [0.29, 0.717) is 28.5 Å². The lowest BCUT2D eigenvalue weighted by Crippen LogP contribution is -2.37. The fourth-order valence-corrected chi connectivity index (χ4v) is 3.72. The molecule has 1 atom stereocenters. The maximum atomic E-state index is 12.6. The Morgan fingerprint density at radius 1 is 0.964 bits per heavy atom. The lowest BCUT2D eigenvalue weighted by atomic mass is 9.85. The molecule has 2 aromatic rings.